The molecule has 0 spiro atoms. The Hall–Kier alpha value is -8.48. The summed E-state index contributed by atoms with van der Waals surface area (Å²) in [6, 6.07) is 72.6. The van der Waals surface area contributed by atoms with Gasteiger partial charge >= 0.3 is 0 Å². The molecule has 0 atom stereocenters. The van der Waals surface area contributed by atoms with Crippen LogP contribution in [0, 0.1) is 0 Å². The van der Waals surface area contributed by atoms with Gasteiger partial charge in [-0.1, -0.05) is 152 Å². The van der Waals surface area contributed by atoms with Gasteiger partial charge in [-0.2, -0.15) is 0 Å². The zero-order valence-electron chi connectivity index (χ0n) is 33.5. The zero-order valence-corrected chi connectivity index (χ0v) is 33.5. The Morgan fingerprint density at radius 3 is 1.21 bits per heavy atom. The monoisotopic (exact) mass is 792 g/mol. The first-order valence-corrected chi connectivity index (χ1v) is 20.8. The van der Waals surface area contributed by atoms with Gasteiger partial charge in [-0.25, -0.2) is 15.0 Å². The smallest absolute Gasteiger partial charge is 0.165 e. The molecular formula is C56H36N6. The molecular weight excluding hydrogens is 757 g/mol. The molecule has 0 aliphatic rings. The maximum atomic E-state index is 4.97. The molecule has 8 aromatic carbocycles. The maximum Gasteiger partial charge on any atom is 0.165 e. The standard InChI is InChI=1S/C56H36N6/c1-4-14-38(15-5-1)54-58-55(39-16-6-2-7-17-39)60-56(59-54)43-32-42(35-57-36-43)41-27-31-49-47-21-11-13-23-51(47)62(53(49)34-41)45-28-24-37(25-29-45)40-26-30-48-46-20-10-12-22-50(46)61(52(48)33-40)44-18-8-3-9-19-44/h1-36H. The number of rotatable bonds is 7. The van der Waals surface area contributed by atoms with E-state index in [-0.39, 0.29) is 0 Å². The summed E-state index contributed by atoms with van der Waals surface area (Å²) in [5.74, 6) is 1.81. The largest absolute Gasteiger partial charge is 0.309 e. The lowest BCUT2D eigenvalue weighted by molar-refractivity contribution is 1.07. The second kappa shape index (κ2) is 14.7. The van der Waals surface area contributed by atoms with Gasteiger partial charge in [0.15, 0.2) is 17.5 Å². The fourth-order valence-electron chi connectivity index (χ4n) is 8.89. The number of para-hydroxylation sites is 3. The first-order valence-electron chi connectivity index (χ1n) is 20.8. The average Bonchev–Trinajstić information content (AvgIpc) is 3.87. The molecule has 0 aliphatic carbocycles. The summed E-state index contributed by atoms with van der Waals surface area (Å²) in [5.41, 5.74) is 13.9. The normalized spacial score (nSPS) is 11.5. The highest BCUT2D eigenvalue weighted by atomic mass is 15.0. The summed E-state index contributed by atoms with van der Waals surface area (Å²) in [6.07, 6.45) is 3.75. The van der Waals surface area contributed by atoms with Crippen molar-refractivity contribution >= 4 is 43.6 Å². The lowest BCUT2D eigenvalue weighted by Gasteiger charge is -2.12. The van der Waals surface area contributed by atoms with Crippen molar-refractivity contribution in [1.29, 1.82) is 0 Å². The topological polar surface area (TPSA) is 61.4 Å². The van der Waals surface area contributed by atoms with Crippen molar-refractivity contribution in [2.75, 3.05) is 0 Å². The third kappa shape index (κ3) is 6.04. The molecule has 290 valence electrons. The molecule has 0 saturated heterocycles. The van der Waals surface area contributed by atoms with Crippen LogP contribution in [0.4, 0.5) is 0 Å². The first kappa shape index (κ1) is 35.5. The molecule has 4 heterocycles. The average molecular weight is 793 g/mol. The number of hydrogen-bond donors (Lipinski definition) is 0. The molecule has 0 saturated carbocycles. The second-order valence-electron chi connectivity index (χ2n) is 15.6. The van der Waals surface area contributed by atoms with E-state index in [4.69, 9.17) is 19.9 Å². The molecule has 0 N–H and O–H groups in total. The van der Waals surface area contributed by atoms with Crippen molar-refractivity contribution in [1.82, 2.24) is 29.1 Å². The van der Waals surface area contributed by atoms with E-state index in [9.17, 15) is 0 Å². The minimum absolute atomic E-state index is 0.572. The molecule has 12 aromatic rings. The van der Waals surface area contributed by atoms with Gasteiger partial charge in [-0.05, 0) is 71.3 Å². The number of benzene rings is 8. The second-order valence-corrected chi connectivity index (χ2v) is 15.6. The van der Waals surface area contributed by atoms with E-state index < -0.39 is 0 Å². The fraction of sp³-hybridized carbons (Fsp3) is 0. The predicted molar refractivity (Wildman–Crippen MR) is 253 cm³/mol. The maximum absolute atomic E-state index is 4.97. The SMILES string of the molecule is c1ccc(-c2nc(-c3ccccc3)nc(-c3cncc(-c4ccc5c6ccccc6n(-c6ccc(-c7ccc8c9ccccc9n(-c9ccccc9)c8c7)cc6)c5c4)c3)n2)cc1. The molecule has 6 heteroatoms. The number of nitrogens with zero attached hydrogens (tertiary/aromatic N) is 6. The Balaban J connectivity index is 0.945. The van der Waals surface area contributed by atoms with Crippen LogP contribution >= 0.6 is 0 Å². The minimum atomic E-state index is 0.572. The molecule has 0 fully saturated rings. The van der Waals surface area contributed by atoms with E-state index in [1.165, 1.54) is 38.1 Å². The lowest BCUT2D eigenvalue weighted by atomic mass is 10.0. The summed E-state index contributed by atoms with van der Waals surface area (Å²) >= 11 is 0. The third-order valence-electron chi connectivity index (χ3n) is 11.8. The summed E-state index contributed by atoms with van der Waals surface area (Å²) in [4.78, 5) is 19.6. The molecule has 12 rings (SSSR count). The Bertz CT molecular complexity index is 3550. The van der Waals surface area contributed by atoms with Crippen LogP contribution in [0.2, 0.25) is 0 Å². The van der Waals surface area contributed by atoms with Crippen LogP contribution in [0.25, 0.3) is 111 Å². The van der Waals surface area contributed by atoms with Gasteiger partial charge < -0.3 is 9.13 Å². The Kier molecular flexibility index (Phi) is 8.38. The quantitative estimate of drug-likeness (QED) is 0.161. The van der Waals surface area contributed by atoms with Gasteiger partial charge in [-0.15, -0.1) is 0 Å². The number of hydrogen-bond acceptors (Lipinski definition) is 4. The van der Waals surface area contributed by atoms with Crippen LogP contribution in [0.1, 0.15) is 0 Å². The van der Waals surface area contributed by atoms with Crippen molar-refractivity contribution in [2.24, 2.45) is 0 Å². The summed E-state index contributed by atoms with van der Waals surface area (Å²) in [7, 11) is 0. The molecule has 6 nitrogen and oxygen atoms in total. The van der Waals surface area contributed by atoms with E-state index in [0.29, 0.717) is 17.5 Å². The van der Waals surface area contributed by atoms with E-state index in [2.05, 4.69) is 155 Å². The van der Waals surface area contributed by atoms with Crippen LogP contribution in [0.5, 0.6) is 0 Å². The molecule has 62 heavy (non-hydrogen) atoms. The third-order valence-corrected chi connectivity index (χ3v) is 11.8. The molecule has 4 aromatic heterocycles. The van der Waals surface area contributed by atoms with Crippen LogP contribution in [-0.2, 0) is 0 Å². The Labute approximate surface area is 357 Å². The summed E-state index contributed by atoms with van der Waals surface area (Å²) in [5, 5.41) is 4.89. The van der Waals surface area contributed by atoms with Crippen LogP contribution in [-0.4, -0.2) is 29.1 Å². The summed E-state index contributed by atoms with van der Waals surface area (Å²) in [6.45, 7) is 0. The van der Waals surface area contributed by atoms with E-state index in [0.717, 1.165) is 55.8 Å². The highest BCUT2D eigenvalue weighted by Gasteiger charge is 2.17. The van der Waals surface area contributed by atoms with Gasteiger partial charge in [-0.3, -0.25) is 4.98 Å². The van der Waals surface area contributed by atoms with E-state index in [1.807, 2.05) is 73.1 Å². The molecule has 0 amide bonds. The van der Waals surface area contributed by atoms with Gasteiger partial charge in [0.05, 0.1) is 22.1 Å². The van der Waals surface area contributed by atoms with E-state index >= 15 is 0 Å². The van der Waals surface area contributed by atoms with Crippen LogP contribution in [0.3, 0.4) is 0 Å². The highest BCUT2D eigenvalue weighted by Crippen LogP contribution is 2.38. The van der Waals surface area contributed by atoms with Crippen molar-refractivity contribution in [3.63, 3.8) is 0 Å². The first-order chi connectivity index (χ1) is 30.7. The number of pyridine rings is 1. The Morgan fingerprint density at radius 1 is 0.258 bits per heavy atom. The predicted octanol–water partition coefficient (Wildman–Crippen LogP) is 13.8. The van der Waals surface area contributed by atoms with Gasteiger partial charge in [0.25, 0.3) is 0 Å². The van der Waals surface area contributed by atoms with Gasteiger partial charge in [0.1, 0.15) is 0 Å². The molecule has 0 aliphatic heterocycles. The Morgan fingerprint density at radius 2 is 0.661 bits per heavy atom. The fourth-order valence-corrected chi connectivity index (χ4v) is 8.89. The highest BCUT2D eigenvalue weighted by molar-refractivity contribution is 6.11. The van der Waals surface area contributed by atoms with Gasteiger partial charge in [0, 0.05) is 67.6 Å². The molecule has 0 bridgehead atoms. The van der Waals surface area contributed by atoms with Crippen molar-refractivity contribution in [3.05, 3.63) is 219 Å². The van der Waals surface area contributed by atoms with Crippen LogP contribution in [0.15, 0.2) is 219 Å². The van der Waals surface area contributed by atoms with Crippen LogP contribution < -0.4 is 0 Å². The number of aromatic nitrogens is 6. The van der Waals surface area contributed by atoms with Crippen molar-refractivity contribution in [2.45, 2.75) is 0 Å². The number of fused-ring (bicyclic) bond motifs is 6. The lowest BCUT2D eigenvalue weighted by Crippen LogP contribution is -2.00. The van der Waals surface area contributed by atoms with Gasteiger partial charge in [0.2, 0.25) is 0 Å². The summed E-state index contributed by atoms with van der Waals surface area (Å²) < 4.78 is 4.74. The van der Waals surface area contributed by atoms with Crippen molar-refractivity contribution in [3.8, 4) is 67.8 Å². The zero-order chi connectivity index (χ0) is 41.0. The molecule has 0 radical (unpaired) electrons. The minimum Gasteiger partial charge on any atom is -0.309 e. The molecule has 0 unspecified atom stereocenters. The van der Waals surface area contributed by atoms with Crippen molar-refractivity contribution < 1.29 is 0 Å². The van der Waals surface area contributed by atoms with E-state index in [1.54, 1.807) is 0 Å².